The Hall–Kier alpha value is -0.536. The molecule has 0 saturated carbocycles. The van der Waals surface area contributed by atoms with E-state index in [0.717, 1.165) is 5.56 Å². The van der Waals surface area contributed by atoms with Crippen LogP contribution in [0.3, 0.4) is 0 Å². The molecule has 147 valence electrons. The maximum Gasteiger partial charge on any atom is -1.00 e. The molecule has 2 rings (SSSR count). The molecule has 1 atom stereocenters. The molecule has 0 spiro atoms. The number of hydrogen-bond acceptors (Lipinski definition) is 2. The molecule has 5 heteroatoms. The number of ether oxygens (including phenoxy) is 1. The molecule has 1 N–H and O–H groups in total. The Bertz CT molecular complexity index is 617. The second-order valence-corrected chi connectivity index (χ2v) is 6.97. The van der Waals surface area contributed by atoms with Crippen molar-refractivity contribution < 1.29 is 54.6 Å². The Kier molecular flexibility index (Phi) is 15.8. The van der Waals surface area contributed by atoms with Gasteiger partial charge < -0.3 is 34.7 Å². The average molecular weight is 434 g/mol. The molecule has 1 unspecified atom stereocenters. The van der Waals surface area contributed by atoms with Gasteiger partial charge in [0.2, 0.25) is 0 Å². The van der Waals surface area contributed by atoms with Crippen molar-refractivity contribution in [2.45, 2.75) is 53.9 Å². The molecule has 0 aliphatic heterocycles. The number of phenolic OH excluding ortho intramolecular Hbond substituents is 1. The largest absolute Gasteiger partial charge is 1.00 e. The molecule has 1 aliphatic carbocycles. The van der Waals surface area contributed by atoms with Crippen LogP contribution in [0.2, 0.25) is 0 Å². The van der Waals surface area contributed by atoms with Gasteiger partial charge in [-0.3, -0.25) is 6.08 Å². The van der Waals surface area contributed by atoms with E-state index in [0.29, 0.717) is 11.7 Å². The van der Waals surface area contributed by atoms with Crippen LogP contribution in [0.25, 0.3) is 0 Å². The van der Waals surface area contributed by atoms with Crippen LogP contribution in [-0.4, -0.2) is 17.0 Å². The van der Waals surface area contributed by atoms with Gasteiger partial charge in [0.1, 0.15) is 11.5 Å². The molecule has 26 heavy (non-hydrogen) atoms. The number of methoxy groups -OCH3 is 1. The summed E-state index contributed by atoms with van der Waals surface area (Å²) in [6.07, 6.45) is 3.36. The van der Waals surface area contributed by atoms with Crippen LogP contribution in [0, 0.1) is 12.0 Å². The van der Waals surface area contributed by atoms with E-state index in [9.17, 15) is 5.11 Å². The van der Waals surface area contributed by atoms with Gasteiger partial charge in [0, 0.05) is 6.07 Å². The second kappa shape index (κ2) is 13.6. The molecule has 0 amide bonds. The molecular formula is C21H31Cl2O2Ti-2. The summed E-state index contributed by atoms with van der Waals surface area (Å²) in [5.74, 6) is 1.51. The molecule has 1 aliphatic rings. The van der Waals surface area contributed by atoms with Gasteiger partial charge in [-0.1, -0.05) is 47.5 Å². The average Bonchev–Trinajstić information content (AvgIpc) is 2.74. The Morgan fingerprint density at radius 1 is 1.08 bits per heavy atom. The van der Waals surface area contributed by atoms with Gasteiger partial charge in [-0.05, 0) is 23.1 Å². The predicted molar refractivity (Wildman–Crippen MR) is 100 cm³/mol. The minimum Gasteiger partial charge on any atom is -1.00 e. The molecule has 0 aromatic heterocycles. The van der Waals surface area contributed by atoms with Crippen molar-refractivity contribution in [3.05, 3.63) is 46.6 Å². The zero-order chi connectivity index (χ0) is 19.1. The summed E-state index contributed by atoms with van der Waals surface area (Å²) in [6.45, 7) is 15.0. The Labute approximate surface area is 183 Å². The SMILES string of the molecule is CC1=[C-]C(C)C(C)=C1C.COc1cc(O)cc(C(C)(C)C)c1.[CH2]=[Ti+].[Cl-].[Cl-]. The van der Waals surface area contributed by atoms with Crippen LogP contribution < -0.4 is 29.6 Å². The van der Waals surface area contributed by atoms with Gasteiger partial charge in [-0.15, -0.1) is 6.92 Å². The van der Waals surface area contributed by atoms with Gasteiger partial charge in [0.25, 0.3) is 0 Å². The van der Waals surface area contributed by atoms with Gasteiger partial charge in [0.15, 0.2) is 0 Å². The van der Waals surface area contributed by atoms with Gasteiger partial charge >= 0.3 is 24.8 Å². The van der Waals surface area contributed by atoms with E-state index in [4.69, 9.17) is 4.74 Å². The zero-order valence-electron chi connectivity index (χ0n) is 17.1. The number of halogens is 2. The van der Waals surface area contributed by atoms with Crippen molar-refractivity contribution in [1.29, 1.82) is 0 Å². The molecule has 0 heterocycles. The normalized spacial score (nSPS) is 15.3. The summed E-state index contributed by atoms with van der Waals surface area (Å²) in [6, 6.07) is 5.32. The minimum absolute atomic E-state index is 0. The Balaban J connectivity index is -0.000000361. The van der Waals surface area contributed by atoms with E-state index in [1.807, 2.05) is 6.07 Å². The first kappa shape index (κ1) is 30.2. The maximum atomic E-state index is 9.41. The van der Waals surface area contributed by atoms with E-state index < -0.39 is 0 Å². The number of hydrogen-bond donors (Lipinski definition) is 1. The molecule has 0 fully saturated rings. The number of aromatic hydroxyl groups is 1. The fourth-order valence-electron chi connectivity index (χ4n) is 2.30. The molecule has 0 radical (unpaired) electrons. The summed E-state index contributed by atoms with van der Waals surface area (Å²) in [5.41, 5.74) is 5.35. The quantitative estimate of drug-likeness (QED) is 0.473. The number of allylic oxidation sites excluding steroid dienone is 4. The van der Waals surface area contributed by atoms with Gasteiger partial charge in [-0.2, -0.15) is 11.1 Å². The summed E-state index contributed by atoms with van der Waals surface area (Å²) in [5, 5.41) is 9.41. The second-order valence-electron chi connectivity index (χ2n) is 6.97. The zero-order valence-corrected chi connectivity index (χ0v) is 20.2. The van der Waals surface area contributed by atoms with Crippen LogP contribution in [0.15, 0.2) is 34.9 Å². The molecule has 0 saturated heterocycles. The maximum absolute atomic E-state index is 9.41. The minimum atomic E-state index is 0. The van der Waals surface area contributed by atoms with Gasteiger partial charge in [-0.25, -0.2) is 5.57 Å². The molecule has 1 aromatic rings. The van der Waals surface area contributed by atoms with E-state index >= 15 is 0 Å². The summed E-state index contributed by atoms with van der Waals surface area (Å²) < 4.78 is 5.07. The van der Waals surface area contributed by atoms with Crippen LogP contribution in [0.1, 0.15) is 54.0 Å². The third kappa shape index (κ3) is 9.41. The van der Waals surface area contributed by atoms with Crippen molar-refractivity contribution in [2.75, 3.05) is 7.11 Å². The number of phenols is 1. The fourth-order valence-corrected chi connectivity index (χ4v) is 2.30. The van der Waals surface area contributed by atoms with Gasteiger partial charge in [0.05, 0.1) is 7.11 Å². The van der Waals surface area contributed by atoms with Crippen molar-refractivity contribution in [3.63, 3.8) is 0 Å². The Morgan fingerprint density at radius 2 is 1.58 bits per heavy atom. The molecule has 2 nitrogen and oxygen atoms in total. The summed E-state index contributed by atoms with van der Waals surface area (Å²) in [4.78, 5) is 3.25. The van der Waals surface area contributed by atoms with E-state index in [-0.39, 0.29) is 36.0 Å². The van der Waals surface area contributed by atoms with Crippen molar-refractivity contribution in [2.24, 2.45) is 5.92 Å². The third-order valence-electron chi connectivity index (χ3n) is 4.23. The van der Waals surface area contributed by atoms with Crippen LogP contribution >= 0.6 is 0 Å². The van der Waals surface area contributed by atoms with Crippen LogP contribution in [-0.2, 0) is 25.4 Å². The molecule has 0 bridgehead atoms. The van der Waals surface area contributed by atoms with Crippen molar-refractivity contribution in [3.8, 4) is 11.5 Å². The van der Waals surface area contributed by atoms with Crippen molar-refractivity contribution >= 4 is 4.82 Å². The monoisotopic (exact) mass is 433 g/mol. The number of rotatable bonds is 1. The third-order valence-corrected chi connectivity index (χ3v) is 4.23. The number of benzene rings is 1. The molecular weight excluding hydrogens is 403 g/mol. The standard InChI is InChI=1S/C11H16O2.C9H13.CH2.2ClH.Ti/c1-11(2,3)8-5-9(12)7-10(6-8)13-4;1-6-5-7(2)9(4)8(6)3;;;;/h5-7,12H,1-4H3;6H,1-4H3;1H2;2*1H;/q;-1;;;;+1/p-2. The summed E-state index contributed by atoms with van der Waals surface area (Å²) >= 11 is 1.75. The first-order valence-corrected chi connectivity index (χ1v) is 9.18. The van der Waals surface area contributed by atoms with Crippen molar-refractivity contribution in [1.82, 2.24) is 0 Å². The van der Waals surface area contributed by atoms with Crippen LogP contribution in [0.5, 0.6) is 11.5 Å². The predicted octanol–water partition coefficient (Wildman–Crippen LogP) is -0.607. The fraction of sp³-hybridized carbons (Fsp3) is 0.476. The Morgan fingerprint density at radius 3 is 1.85 bits per heavy atom. The topological polar surface area (TPSA) is 29.5 Å². The molecule has 1 aromatic carbocycles. The van der Waals surface area contributed by atoms with E-state index in [1.54, 1.807) is 39.2 Å². The summed E-state index contributed by atoms with van der Waals surface area (Å²) in [7, 11) is 1.60. The smallest absolute Gasteiger partial charge is 1.00 e. The van der Waals surface area contributed by atoms with E-state index in [1.165, 1.54) is 16.7 Å². The van der Waals surface area contributed by atoms with E-state index in [2.05, 4.69) is 59.4 Å². The van der Waals surface area contributed by atoms with Crippen LogP contribution in [0.4, 0.5) is 0 Å². The first-order chi connectivity index (χ1) is 11.1. The first-order valence-electron chi connectivity index (χ1n) is 8.08.